The topological polar surface area (TPSA) is 25.8 Å². The van der Waals surface area contributed by atoms with Crippen LogP contribution in [0.15, 0.2) is 116 Å². The van der Waals surface area contributed by atoms with Crippen molar-refractivity contribution in [3.63, 3.8) is 0 Å². The first-order chi connectivity index (χ1) is 17.0. The molecule has 0 saturated carbocycles. The Balaban J connectivity index is 0.000000198. The predicted octanol–water partition coefficient (Wildman–Crippen LogP) is 7.23. The minimum absolute atomic E-state index is 0. The third-order valence-corrected chi connectivity index (χ3v) is 7.70. The molecule has 0 N–H and O–H groups in total. The van der Waals surface area contributed by atoms with E-state index in [0.717, 1.165) is 28.9 Å². The number of pyridine rings is 2. The van der Waals surface area contributed by atoms with Crippen molar-refractivity contribution in [1.29, 1.82) is 0 Å². The van der Waals surface area contributed by atoms with E-state index in [1.165, 1.54) is 16.3 Å². The van der Waals surface area contributed by atoms with Crippen LogP contribution in [0.3, 0.4) is 0 Å². The zero-order valence-corrected chi connectivity index (χ0v) is 24.3. The van der Waals surface area contributed by atoms with Crippen LogP contribution in [-0.4, -0.2) is 18.0 Å². The smallest absolute Gasteiger partial charge is 0.0795 e. The summed E-state index contributed by atoms with van der Waals surface area (Å²) in [6.45, 7) is 7.00. The van der Waals surface area contributed by atoms with Crippen LogP contribution in [0.2, 0.25) is 19.6 Å². The molecule has 0 aliphatic carbocycles. The van der Waals surface area contributed by atoms with Crippen molar-refractivity contribution in [1.82, 2.24) is 9.97 Å². The summed E-state index contributed by atoms with van der Waals surface area (Å²) in [4.78, 5) is 8.94. The van der Waals surface area contributed by atoms with Crippen LogP contribution >= 0.6 is 0 Å². The summed E-state index contributed by atoms with van der Waals surface area (Å²) < 4.78 is 0. The number of hydrogen-bond acceptors (Lipinski definition) is 2. The molecule has 5 aromatic rings. The number of hydrogen-bond donors (Lipinski definition) is 0. The van der Waals surface area contributed by atoms with Crippen molar-refractivity contribution < 1.29 is 20.1 Å². The van der Waals surface area contributed by atoms with Gasteiger partial charge in [-0.05, 0) is 40.2 Å². The zero-order valence-electron chi connectivity index (χ0n) is 20.9. The minimum atomic E-state index is -1.23. The average Bonchev–Trinajstić information content (AvgIpc) is 2.90. The van der Waals surface area contributed by atoms with Crippen LogP contribution in [0.5, 0.6) is 0 Å². The van der Waals surface area contributed by atoms with Gasteiger partial charge in [0.05, 0.1) is 8.07 Å². The van der Waals surface area contributed by atoms with E-state index in [0.29, 0.717) is 0 Å². The maximum atomic E-state index is 4.52. The van der Waals surface area contributed by atoms with Gasteiger partial charge in [-0.1, -0.05) is 68.2 Å². The van der Waals surface area contributed by atoms with E-state index in [9.17, 15) is 0 Å². The summed E-state index contributed by atoms with van der Waals surface area (Å²) in [5.74, 6) is 0. The first kappa shape index (κ1) is 27.4. The van der Waals surface area contributed by atoms with E-state index >= 15 is 0 Å². The average molecular weight is 663 g/mol. The Bertz CT molecular complexity index is 1320. The van der Waals surface area contributed by atoms with Gasteiger partial charge in [0.1, 0.15) is 0 Å². The summed E-state index contributed by atoms with van der Waals surface area (Å²) in [6, 6.07) is 41.3. The van der Waals surface area contributed by atoms with Gasteiger partial charge < -0.3 is 9.97 Å². The molecule has 3 aromatic carbocycles. The summed E-state index contributed by atoms with van der Waals surface area (Å²) >= 11 is 0. The fraction of sp³-hybridized carbons (Fsp3) is 0.125. The van der Waals surface area contributed by atoms with Crippen molar-refractivity contribution in [2.75, 3.05) is 0 Å². The molecule has 5 rings (SSSR count). The van der Waals surface area contributed by atoms with Gasteiger partial charge >= 0.3 is 0 Å². The molecule has 2 nitrogen and oxygen atoms in total. The maximum absolute atomic E-state index is 4.52. The van der Waals surface area contributed by atoms with Crippen molar-refractivity contribution in [3.8, 4) is 22.5 Å². The largest absolute Gasteiger partial charge is 0.305 e. The Kier molecular flexibility index (Phi) is 10.1. The summed E-state index contributed by atoms with van der Waals surface area (Å²) in [5.41, 5.74) is 6.67. The number of nitrogens with zero attached hydrogens (tertiary/aromatic N) is 2. The Morgan fingerprint density at radius 3 is 1.83 bits per heavy atom. The quantitative estimate of drug-likeness (QED) is 0.147. The van der Waals surface area contributed by atoms with Crippen LogP contribution in [0.4, 0.5) is 0 Å². The SMILES string of the molecule is C[Si](C)(C)c1ccc(-c2[c-]cccc2)nc1.[Ir].[c-]1ccccc1-c1cc(Cc2ccccc2)ccn1. The van der Waals surface area contributed by atoms with Crippen molar-refractivity contribution in [2.45, 2.75) is 26.1 Å². The minimum Gasteiger partial charge on any atom is -0.305 e. The first-order valence-corrected chi connectivity index (χ1v) is 15.4. The van der Waals surface area contributed by atoms with Gasteiger partial charge in [-0.15, -0.1) is 71.8 Å². The van der Waals surface area contributed by atoms with Crippen LogP contribution in [0.25, 0.3) is 22.5 Å². The molecule has 183 valence electrons. The molecule has 2 heterocycles. The fourth-order valence-corrected chi connectivity index (χ4v) is 4.70. The summed E-state index contributed by atoms with van der Waals surface area (Å²) in [6.07, 6.45) is 4.82. The van der Waals surface area contributed by atoms with Gasteiger partial charge in [0, 0.05) is 32.5 Å². The van der Waals surface area contributed by atoms with E-state index < -0.39 is 8.07 Å². The van der Waals surface area contributed by atoms with Gasteiger partial charge in [-0.25, -0.2) is 0 Å². The van der Waals surface area contributed by atoms with E-state index in [-0.39, 0.29) is 20.1 Å². The summed E-state index contributed by atoms with van der Waals surface area (Å²) in [7, 11) is -1.23. The van der Waals surface area contributed by atoms with Gasteiger partial charge in [0.15, 0.2) is 0 Å². The Labute approximate surface area is 229 Å². The maximum Gasteiger partial charge on any atom is 0.0795 e. The molecule has 0 atom stereocenters. The molecule has 0 aliphatic rings. The van der Waals surface area contributed by atoms with Gasteiger partial charge in [0.25, 0.3) is 0 Å². The monoisotopic (exact) mass is 663 g/mol. The third-order valence-electron chi connectivity index (χ3n) is 5.67. The first-order valence-electron chi connectivity index (χ1n) is 11.9. The number of rotatable bonds is 5. The molecule has 0 saturated heterocycles. The second-order valence-electron chi connectivity index (χ2n) is 9.45. The number of benzene rings is 3. The van der Waals surface area contributed by atoms with Crippen LogP contribution < -0.4 is 5.19 Å². The van der Waals surface area contributed by atoms with Crippen LogP contribution in [-0.2, 0) is 26.5 Å². The second kappa shape index (κ2) is 13.2. The fourth-order valence-electron chi connectivity index (χ4n) is 3.67. The van der Waals surface area contributed by atoms with E-state index in [2.05, 4.69) is 90.3 Å². The molecule has 4 heteroatoms. The van der Waals surface area contributed by atoms with Crippen molar-refractivity contribution in [3.05, 3.63) is 139 Å². The molecule has 36 heavy (non-hydrogen) atoms. The molecular formula is C32H30IrN2Si-2. The Morgan fingerprint density at radius 1 is 0.639 bits per heavy atom. The molecule has 1 radical (unpaired) electrons. The van der Waals surface area contributed by atoms with Gasteiger partial charge in [-0.2, -0.15) is 0 Å². The second-order valence-corrected chi connectivity index (χ2v) is 14.5. The van der Waals surface area contributed by atoms with Crippen molar-refractivity contribution >= 4 is 13.3 Å². The Morgan fingerprint density at radius 2 is 1.28 bits per heavy atom. The van der Waals surface area contributed by atoms with Gasteiger partial charge in [-0.3, -0.25) is 0 Å². The molecule has 0 amide bonds. The van der Waals surface area contributed by atoms with Crippen molar-refractivity contribution in [2.24, 2.45) is 0 Å². The molecule has 0 unspecified atom stereocenters. The van der Waals surface area contributed by atoms with Crippen LogP contribution in [0.1, 0.15) is 11.1 Å². The van der Waals surface area contributed by atoms with E-state index in [1.54, 1.807) is 0 Å². The number of aromatic nitrogens is 2. The molecule has 0 aliphatic heterocycles. The van der Waals surface area contributed by atoms with E-state index in [1.807, 2.05) is 67.0 Å². The predicted molar refractivity (Wildman–Crippen MR) is 149 cm³/mol. The molecular weight excluding hydrogens is 633 g/mol. The standard InChI is InChI=1S/C18H14N.C14H16NSi.Ir/c1-3-7-15(8-4-1)13-16-11-12-19-18(14-16)17-9-5-2-6-10-17;1-16(2,3)13-9-10-14(15-11-13)12-7-5-4-6-8-12;/h1-9,11-12,14H,13H2;4-7,9-11H,1-3H3;/q2*-1;. The van der Waals surface area contributed by atoms with Gasteiger partial charge in [0.2, 0.25) is 0 Å². The van der Waals surface area contributed by atoms with E-state index in [4.69, 9.17) is 0 Å². The normalized spacial score (nSPS) is 10.5. The molecule has 2 aromatic heterocycles. The van der Waals surface area contributed by atoms with Crippen LogP contribution in [0, 0.1) is 12.1 Å². The Hall–Kier alpha value is -3.17. The molecule has 0 bridgehead atoms. The third kappa shape index (κ3) is 7.92. The zero-order chi connectivity index (χ0) is 24.5. The summed E-state index contributed by atoms with van der Waals surface area (Å²) in [5, 5.41) is 1.40. The molecule has 0 fully saturated rings. The molecule has 0 spiro atoms.